The number of hydrogen-bond acceptors (Lipinski definition) is 2. The molecule has 0 spiro atoms. The summed E-state index contributed by atoms with van der Waals surface area (Å²) in [7, 11) is 0. The quantitative estimate of drug-likeness (QED) is 0.832. The van der Waals surface area contributed by atoms with Gasteiger partial charge in [0.05, 0.1) is 0 Å². The SMILES string of the molecule is CCCNC(Cc1cncc(Br)c1)CC1CC1. The molecule has 1 unspecified atom stereocenters. The zero-order chi connectivity index (χ0) is 12.1. The van der Waals surface area contributed by atoms with Gasteiger partial charge in [-0.3, -0.25) is 4.98 Å². The first-order valence-electron chi connectivity index (χ1n) is 6.60. The molecule has 1 fully saturated rings. The predicted molar refractivity (Wildman–Crippen MR) is 75.1 cm³/mol. The Labute approximate surface area is 112 Å². The van der Waals surface area contributed by atoms with Gasteiger partial charge in [-0.25, -0.2) is 0 Å². The second-order valence-electron chi connectivity index (χ2n) is 5.05. The van der Waals surface area contributed by atoms with Crippen LogP contribution in [0.2, 0.25) is 0 Å². The van der Waals surface area contributed by atoms with Crippen molar-refractivity contribution in [3.63, 3.8) is 0 Å². The number of aromatic nitrogens is 1. The van der Waals surface area contributed by atoms with Crippen LogP contribution in [0.4, 0.5) is 0 Å². The van der Waals surface area contributed by atoms with Crippen LogP contribution in [-0.4, -0.2) is 17.6 Å². The van der Waals surface area contributed by atoms with Gasteiger partial charge >= 0.3 is 0 Å². The molecule has 1 aliphatic rings. The van der Waals surface area contributed by atoms with Gasteiger partial charge in [0, 0.05) is 22.9 Å². The molecule has 1 aliphatic carbocycles. The molecular formula is C14H21BrN2. The first kappa shape index (κ1) is 13.0. The standard InChI is InChI=1S/C14H21BrN2/c1-2-5-17-14(7-11-3-4-11)8-12-6-13(15)10-16-9-12/h6,9-11,14,17H,2-5,7-8H2,1H3. The highest BCUT2D eigenvalue weighted by Gasteiger charge is 2.25. The summed E-state index contributed by atoms with van der Waals surface area (Å²) in [4.78, 5) is 4.24. The molecule has 1 atom stereocenters. The van der Waals surface area contributed by atoms with Crippen molar-refractivity contribution in [2.75, 3.05) is 6.54 Å². The van der Waals surface area contributed by atoms with Crippen LogP contribution in [-0.2, 0) is 6.42 Å². The highest BCUT2D eigenvalue weighted by Crippen LogP contribution is 2.34. The Hall–Kier alpha value is -0.410. The minimum absolute atomic E-state index is 0.624. The van der Waals surface area contributed by atoms with Crippen LogP contribution in [0.3, 0.4) is 0 Å². The molecule has 0 aliphatic heterocycles. The van der Waals surface area contributed by atoms with Crippen LogP contribution in [0.15, 0.2) is 22.9 Å². The van der Waals surface area contributed by atoms with E-state index in [1.807, 2.05) is 12.4 Å². The van der Waals surface area contributed by atoms with E-state index in [2.05, 4.69) is 39.2 Å². The van der Waals surface area contributed by atoms with Gasteiger partial charge in [-0.2, -0.15) is 0 Å². The minimum Gasteiger partial charge on any atom is -0.314 e. The number of pyridine rings is 1. The molecule has 0 aromatic carbocycles. The summed E-state index contributed by atoms with van der Waals surface area (Å²) in [6.45, 7) is 3.35. The summed E-state index contributed by atoms with van der Waals surface area (Å²) in [6.07, 6.45) is 10.3. The normalized spacial score (nSPS) is 17.1. The maximum Gasteiger partial charge on any atom is 0.0410 e. The molecule has 0 saturated heterocycles. The van der Waals surface area contributed by atoms with Gasteiger partial charge < -0.3 is 5.32 Å². The van der Waals surface area contributed by atoms with E-state index in [1.54, 1.807) is 0 Å². The molecular weight excluding hydrogens is 276 g/mol. The molecule has 1 saturated carbocycles. The van der Waals surface area contributed by atoms with Gasteiger partial charge in [-0.15, -0.1) is 0 Å². The largest absolute Gasteiger partial charge is 0.314 e. The van der Waals surface area contributed by atoms with Crippen molar-refractivity contribution in [1.29, 1.82) is 0 Å². The molecule has 0 amide bonds. The summed E-state index contributed by atoms with van der Waals surface area (Å²) in [5.74, 6) is 0.976. The molecule has 1 N–H and O–H groups in total. The van der Waals surface area contributed by atoms with Gasteiger partial charge in [-0.05, 0) is 59.3 Å². The van der Waals surface area contributed by atoms with Crippen molar-refractivity contribution >= 4 is 15.9 Å². The second kappa shape index (κ2) is 6.50. The topological polar surface area (TPSA) is 24.9 Å². The lowest BCUT2D eigenvalue weighted by Crippen LogP contribution is -2.32. The summed E-state index contributed by atoms with van der Waals surface area (Å²) in [5, 5.41) is 3.67. The summed E-state index contributed by atoms with van der Waals surface area (Å²) >= 11 is 3.49. The molecule has 2 rings (SSSR count). The maximum atomic E-state index is 4.24. The van der Waals surface area contributed by atoms with Crippen molar-refractivity contribution in [1.82, 2.24) is 10.3 Å². The fourth-order valence-electron chi connectivity index (χ4n) is 2.20. The van der Waals surface area contributed by atoms with E-state index in [4.69, 9.17) is 0 Å². The van der Waals surface area contributed by atoms with Gasteiger partial charge in [0.2, 0.25) is 0 Å². The van der Waals surface area contributed by atoms with Crippen LogP contribution in [0.5, 0.6) is 0 Å². The van der Waals surface area contributed by atoms with E-state index in [1.165, 1.54) is 31.2 Å². The molecule has 2 nitrogen and oxygen atoms in total. The fraction of sp³-hybridized carbons (Fsp3) is 0.643. The molecule has 94 valence electrons. The monoisotopic (exact) mass is 296 g/mol. The van der Waals surface area contributed by atoms with Gasteiger partial charge in [0.1, 0.15) is 0 Å². The average molecular weight is 297 g/mol. The van der Waals surface area contributed by atoms with Gasteiger partial charge in [0.25, 0.3) is 0 Å². The van der Waals surface area contributed by atoms with Crippen LogP contribution in [0.25, 0.3) is 0 Å². The van der Waals surface area contributed by atoms with Crippen molar-refractivity contribution in [3.05, 3.63) is 28.5 Å². The molecule has 1 aromatic heterocycles. The van der Waals surface area contributed by atoms with Crippen molar-refractivity contribution in [3.8, 4) is 0 Å². The maximum absolute atomic E-state index is 4.24. The van der Waals surface area contributed by atoms with E-state index in [-0.39, 0.29) is 0 Å². The van der Waals surface area contributed by atoms with E-state index < -0.39 is 0 Å². The van der Waals surface area contributed by atoms with E-state index >= 15 is 0 Å². The Morgan fingerprint density at radius 3 is 2.94 bits per heavy atom. The first-order valence-corrected chi connectivity index (χ1v) is 7.40. The lowest BCUT2D eigenvalue weighted by Gasteiger charge is -2.18. The molecule has 0 bridgehead atoms. The van der Waals surface area contributed by atoms with Crippen molar-refractivity contribution < 1.29 is 0 Å². The van der Waals surface area contributed by atoms with Crippen LogP contribution in [0.1, 0.15) is 38.2 Å². The lowest BCUT2D eigenvalue weighted by atomic mass is 10.0. The van der Waals surface area contributed by atoms with E-state index in [0.717, 1.165) is 23.4 Å². The van der Waals surface area contributed by atoms with Crippen LogP contribution in [0, 0.1) is 5.92 Å². The Bertz CT molecular complexity index is 350. The highest BCUT2D eigenvalue weighted by molar-refractivity contribution is 9.10. The lowest BCUT2D eigenvalue weighted by molar-refractivity contribution is 0.454. The molecule has 3 heteroatoms. The van der Waals surface area contributed by atoms with Crippen LogP contribution < -0.4 is 5.32 Å². The minimum atomic E-state index is 0.624. The summed E-state index contributed by atoms with van der Waals surface area (Å²) < 4.78 is 1.08. The zero-order valence-electron chi connectivity index (χ0n) is 10.5. The van der Waals surface area contributed by atoms with E-state index in [0.29, 0.717) is 6.04 Å². The smallest absolute Gasteiger partial charge is 0.0410 e. The van der Waals surface area contributed by atoms with Gasteiger partial charge in [0.15, 0.2) is 0 Å². The number of rotatable bonds is 7. The second-order valence-corrected chi connectivity index (χ2v) is 5.96. The number of hydrogen-bond donors (Lipinski definition) is 1. The first-order chi connectivity index (χ1) is 8.28. The van der Waals surface area contributed by atoms with E-state index in [9.17, 15) is 0 Å². The third kappa shape index (κ3) is 4.76. The third-order valence-corrected chi connectivity index (χ3v) is 3.68. The Morgan fingerprint density at radius 1 is 1.47 bits per heavy atom. The predicted octanol–water partition coefficient (Wildman–Crippen LogP) is 3.55. The molecule has 1 aromatic rings. The Balaban J connectivity index is 1.90. The zero-order valence-corrected chi connectivity index (χ0v) is 12.0. The Morgan fingerprint density at radius 2 is 2.29 bits per heavy atom. The number of halogens is 1. The van der Waals surface area contributed by atoms with Crippen LogP contribution >= 0.6 is 15.9 Å². The molecule has 17 heavy (non-hydrogen) atoms. The van der Waals surface area contributed by atoms with Gasteiger partial charge in [-0.1, -0.05) is 19.8 Å². The molecule has 1 heterocycles. The number of nitrogens with zero attached hydrogens (tertiary/aromatic N) is 1. The third-order valence-electron chi connectivity index (χ3n) is 3.24. The number of nitrogens with one attached hydrogen (secondary N) is 1. The van der Waals surface area contributed by atoms with Crippen molar-refractivity contribution in [2.45, 2.75) is 45.1 Å². The summed E-state index contributed by atoms with van der Waals surface area (Å²) in [5.41, 5.74) is 1.33. The fourth-order valence-corrected chi connectivity index (χ4v) is 2.61. The summed E-state index contributed by atoms with van der Waals surface area (Å²) in [6, 6.07) is 2.80. The van der Waals surface area contributed by atoms with Crippen molar-refractivity contribution in [2.24, 2.45) is 5.92 Å². The Kier molecular flexibility index (Phi) is 4.99. The average Bonchev–Trinajstić information content (AvgIpc) is 3.10. The molecule has 0 radical (unpaired) electrons. The highest BCUT2D eigenvalue weighted by atomic mass is 79.9.